The SMILES string of the molecule is COc1ccc(C(=O)COC(=O)C(C)N2C(=O)c3cc(Cl)c(Cl)cc3C2=O)c(OC)c1. The molecule has 2 amide bonds. The fourth-order valence-corrected chi connectivity index (χ4v) is 3.40. The van der Waals surface area contributed by atoms with E-state index in [9.17, 15) is 19.2 Å². The van der Waals surface area contributed by atoms with Crippen LogP contribution >= 0.6 is 23.2 Å². The molecule has 2 aromatic rings. The van der Waals surface area contributed by atoms with Crippen molar-refractivity contribution in [1.29, 1.82) is 0 Å². The minimum absolute atomic E-state index is 0.0399. The lowest BCUT2D eigenvalue weighted by Crippen LogP contribution is -2.44. The second-order valence-corrected chi connectivity index (χ2v) is 7.38. The van der Waals surface area contributed by atoms with E-state index in [1.165, 1.54) is 45.4 Å². The maximum atomic E-state index is 12.6. The number of nitrogens with zero attached hydrogens (tertiary/aromatic N) is 1. The molecule has 8 nitrogen and oxygen atoms in total. The Labute approximate surface area is 187 Å². The number of benzene rings is 2. The molecule has 31 heavy (non-hydrogen) atoms. The highest BCUT2D eigenvalue weighted by Crippen LogP contribution is 2.32. The molecule has 0 aliphatic carbocycles. The first-order valence-electron chi connectivity index (χ1n) is 8.98. The minimum atomic E-state index is -1.27. The van der Waals surface area contributed by atoms with E-state index >= 15 is 0 Å². The van der Waals surface area contributed by atoms with Crippen molar-refractivity contribution in [3.63, 3.8) is 0 Å². The summed E-state index contributed by atoms with van der Waals surface area (Å²) >= 11 is 11.8. The van der Waals surface area contributed by atoms with Gasteiger partial charge < -0.3 is 14.2 Å². The molecule has 3 rings (SSSR count). The molecule has 10 heteroatoms. The van der Waals surface area contributed by atoms with Crippen LogP contribution in [0.5, 0.6) is 11.5 Å². The molecule has 0 fully saturated rings. The summed E-state index contributed by atoms with van der Waals surface area (Å²) in [6.07, 6.45) is 0. The molecular weight excluding hydrogens is 449 g/mol. The van der Waals surface area contributed by atoms with Crippen molar-refractivity contribution in [2.75, 3.05) is 20.8 Å². The molecule has 0 saturated carbocycles. The van der Waals surface area contributed by atoms with Crippen molar-refractivity contribution in [2.24, 2.45) is 0 Å². The number of carbonyl (C=O) groups is 4. The van der Waals surface area contributed by atoms with Crippen LogP contribution in [-0.4, -0.2) is 55.3 Å². The highest BCUT2D eigenvalue weighted by Gasteiger charge is 2.42. The van der Waals surface area contributed by atoms with E-state index in [2.05, 4.69) is 0 Å². The monoisotopic (exact) mass is 465 g/mol. The van der Waals surface area contributed by atoms with Gasteiger partial charge in [-0.3, -0.25) is 19.3 Å². The first-order valence-corrected chi connectivity index (χ1v) is 9.74. The van der Waals surface area contributed by atoms with Crippen LogP contribution in [0.1, 0.15) is 38.0 Å². The summed E-state index contributed by atoms with van der Waals surface area (Å²) in [6.45, 7) is 0.721. The number of esters is 1. The van der Waals surface area contributed by atoms with Gasteiger partial charge in [0, 0.05) is 6.07 Å². The standard InChI is InChI=1S/C21H17Cl2NO7/c1-10(24-19(26)13-7-15(22)16(23)8-14(13)20(24)27)21(28)31-9-17(25)12-5-4-11(29-2)6-18(12)30-3/h4-8,10H,9H2,1-3H3. The van der Waals surface area contributed by atoms with Crippen LogP contribution in [0.4, 0.5) is 0 Å². The Morgan fingerprint density at radius 2 is 1.55 bits per heavy atom. The normalized spacial score (nSPS) is 13.6. The Hall–Kier alpha value is -3.10. The lowest BCUT2D eigenvalue weighted by atomic mass is 10.1. The zero-order chi connectivity index (χ0) is 22.9. The Morgan fingerprint density at radius 3 is 2.06 bits per heavy atom. The fraction of sp³-hybridized carbons (Fsp3) is 0.238. The molecule has 0 N–H and O–H groups in total. The Balaban J connectivity index is 1.71. The van der Waals surface area contributed by atoms with Gasteiger partial charge in [0.05, 0.1) is 41.0 Å². The van der Waals surface area contributed by atoms with Gasteiger partial charge >= 0.3 is 5.97 Å². The van der Waals surface area contributed by atoms with Crippen LogP contribution in [0.15, 0.2) is 30.3 Å². The third kappa shape index (κ3) is 4.22. The van der Waals surface area contributed by atoms with Gasteiger partial charge in [-0.15, -0.1) is 0 Å². The van der Waals surface area contributed by atoms with Gasteiger partial charge in [-0.2, -0.15) is 0 Å². The van der Waals surface area contributed by atoms with Crippen LogP contribution in [0.25, 0.3) is 0 Å². The topological polar surface area (TPSA) is 99.2 Å². The van der Waals surface area contributed by atoms with Crippen LogP contribution in [-0.2, 0) is 9.53 Å². The van der Waals surface area contributed by atoms with Gasteiger partial charge in [-0.25, -0.2) is 4.79 Å². The number of hydrogen-bond donors (Lipinski definition) is 0. The molecule has 162 valence electrons. The average molecular weight is 466 g/mol. The van der Waals surface area contributed by atoms with Crippen molar-refractivity contribution < 1.29 is 33.4 Å². The zero-order valence-electron chi connectivity index (χ0n) is 16.7. The molecule has 0 radical (unpaired) electrons. The molecule has 1 heterocycles. The number of halogens is 2. The molecule has 0 aromatic heterocycles. The van der Waals surface area contributed by atoms with E-state index in [0.717, 1.165) is 4.90 Å². The van der Waals surface area contributed by atoms with Gasteiger partial charge in [-0.05, 0) is 31.2 Å². The van der Waals surface area contributed by atoms with Crippen LogP contribution in [0.3, 0.4) is 0 Å². The molecular formula is C21H17Cl2NO7. The lowest BCUT2D eigenvalue weighted by molar-refractivity contribution is -0.146. The molecule has 1 atom stereocenters. The largest absolute Gasteiger partial charge is 0.497 e. The summed E-state index contributed by atoms with van der Waals surface area (Å²) in [6, 6.07) is 5.85. The molecule has 0 spiro atoms. The number of Topliss-reactive ketones (excluding diaryl/α,β-unsaturated/α-hetero) is 1. The number of methoxy groups -OCH3 is 2. The predicted molar refractivity (Wildman–Crippen MR) is 111 cm³/mol. The first-order chi connectivity index (χ1) is 14.7. The number of hydrogen-bond acceptors (Lipinski definition) is 7. The number of ketones is 1. The van der Waals surface area contributed by atoms with Crippen molar-refractivity contribution in [3.05, 3.63) is 57.1 Å². The summed E-state index contributed by atoms with van der Waals surface area (Å²) in [7, 11) is 2.86. The van der Waals surface area contributed by atoms with E-state index in [4.69, 9.17) is 37.4 Å². The Morgan fingerprint density at radius 1 is 0.968 bits per heavy atom. The van der Waals surface area contributed by atoms with Crippen LogP contribution in [0.2, 0.25) is 10.0 Å². The molecule has 0 bridgehead atoms. The van der Waals surface area contributed by atoms with Gasteiger partial charge in [0.15, 0.2) is 6.61 Å². The van der Waals surface area contributed by atoms with E-state index < -0.39 is 36.2 Å². The number of ether oxygens (including phenoxy) is 3. The van der Waals surface area contributed by atoms with Gasteiger partial charge in [0.2, 0.25) is 5.78 Å². The van der Waals surface area contributed by atoms with Crippen molar-refractivity contribution >= 4 is 46.8 Å². The number of carbonyl (C=O) groups excluding carboxylic acids is 4. The average Bonchev–Trinajstić information content (AvgIpc) is 3.00. The van der Waals surface area contributed by atoms with Gasteiger partial charge in [0.25, 0.3) is 11.8 Å². The second-order valence-electron chi connectivity index (χ2n) is 6.57. The molecule has 1 unspecified atom stereocenters. The number of rotatable bonds is 7. The van der Waals surface area contributed by atoms with Crippen molar-refractivity contribution in [1.82, 2.24) is 4.90 Å². The second kappa shape index (κ2) is 8.95. The zero-order valence-corrected chi connectivity index (χ0v) is 18.2. The Bertz CT molecular complexity index is 1060. The van der Waals surface area contributed by atoms with E-state index in [1.807, 2.05) is 0 Å². The minimum Gasteiger partial charge on any atom is -0.497 e. The number of amides is 2. The van der Waals surface area contributed by atoms with Crippen LogP contribution in [0, 0.1) is 0 Å². The maximum Gasteiger partial charge on any atom is 0.329 e. The maximum absolute atomic E-state index is 12.6. The third-order valence-corrected chi connectivity index (χ3v) is 5.46. The smallest absolute Gasteiger partial charge is 0.329 e. The summed E-state index contributed by atoms with van der Waals surface area (Å²) in [5.41, 5.74) is 0.268. The summed E-state index contributed by atoms with van der Waals surface area (Å²) in [5.74, 6) is -2.11. The predicted octanol–water partition coefficient (Wildman–Crippen LogP) is 3.42. The highest BCUT2D eigenvalue weighted by atomic mass is 35.5. The molecule has 1 aliphatic heterocycles. The summed E-state index contributed by atoms with van der Waals surface area (Å²) < 4.78 is 15.3. The molecule has 1 aliphatic rings. The molecule has 0 saturated heterocycles. The number of imide groups is 1. The van der Waals surface area contributed by atoms with E-state index in [0.29, 0.717) is 5.75 Å². The van der Waals surface area contributed by atoms with Crippen LogP contribution < -0.4 is 9.47 Å². The quantitative estimate of drug-likeness (QED) is 0.350. The van der Waals surface area contributed by atoms with Crippen molar-refractivity contribution in [2.45, 2.75) is 13.0 Å². The van der Waals surface area contributed by atoms with E-state index in [1.54, 1.807) is 6.07 Å². The third-order valence-electron chi connectivity index (χ3n) is 4.74. The highest BCUT2D eigenvalue weighted by molar-refractivity contribution is 6.43. The van der Waals surface area contributed by atoms with E-state index in [-0.39, 0.29) is 32.5 Å². The first kappa shape index (κ1) is 22.6. The molecule has 2 aromatic carbocycles. The summed E-state index contributed by atoms with van der Waals surface area (Å²) in [5, 5.41) is 0.218. The lowest BCUT2D eigenvalue weighted by Gasteiger charge is -2.20. The van der Waals surface area contributed by atoms with Crippen molar-refractivity contribution in [3.8, 4) is 11.5 Å². The fourth-order valence-electron chi connectivity index (χ4n) is 3.07. The summed E-state index contributed by atoms with van der Waals surface area (Å²) in [4.78, 5) is 50.9. The number of fused-ring (bicyclic) bond motifs is 1. The van der Waals surface area contributed by atoms with Gasteiger partial charge in [0.1, 0.15) is 17.5 Å². The Kier molecular flexibility index (Phi) is 6.52. The van der Waals surface area contributed by atoms with Gasteiger partial charge in [-0.1, -0.05) is 23.2 Å².